The van der Waals surface area contributed by atoms with Gasteiger partial charge in [-0.3, -0.25) is 14.2 Å². The number of ether oxygens (including phenoxy) is 3. The molecule has 1 fully saturated rings. The molecule has 0 saturated carbocycles. The van der Waals surface area contributed by atoms with Crippen LogP contribution < -0.4 is 4.89 Å². The van der Waals surface area contributed by atoms with Gasteiger partial charge >= 0.3 is 11.9 Å². The van der Waals surface area contributed by atoms with Gasteiger partial charge < -0.3 is 32.6 Å². The first kappa shape index (κ1) is 52.4. The second-order valence-electron chi connectivity index (χ2n) is 15.7. The van der Waals surface area contributed by atoms with Gasteiger partial charge in [0.05, 0.1) is 40.0 Å². The molecule has 11 heteroatoms. The zero-order valence-electron chi connectivity index (χ0n) is 36.2. The number of nitrogens with zero attached hydrogens (tertiary/aromatic N) is 1. The average molecular weight is 820 g/mol. The number of carbonyl (C=O) groups is 2. The summed E-state index contributed by atoms with van der Waals surface area (Å²) in [6, 6.07) is 0. The highest BCUT2D eigenvalue weighted by Gasteiger charge is 2.36. The highest BCUT2D eigenvalue weighted by molar-refractivity contribution is 7.45. The molecule has 0 aromatic heterocycles. The lowest BCUT2D eigenvalue weighted by Gasteiger charge is -2.28. The van der Waals surface area contributed by atoms with E-state index in [1.165, 1.54) is 25.7 Å². The maximum Gasteiger partial charge on any atom is 0.306 e. The molecule has 0 bridgehead atoms. The lowest BCUT2D eigenvalue weighted by Crippen LogP contribution is -2.37. The largest absolute Gasteiger partial charge is 0.756 e. The van der Waals surface area contributed by atoms with Crippen LogP contribution in [0.1, 0.15) is 142 Å². The fraction of sp³-hybridized carbons (Fsp3) is 0.696. The first-order chi connectivity index (χ1) is 27.5. The van der Waals surface area contributed by atoms with Crippen molar-refractivity contribution in [1.29, 1.82) is 0 Å². The van der Waals surface area contributed by atoms with Crippen LogP contribution in [0.15, 0.2) is 72.9 Å². The van der Waals surface area contributed by atoms with E-state index in [4.69, 9.17) is 23.3 Å². The van der Waals surface area contributed by atoms with E-state index >= 15 is 0 Å². The molecule has 1 heterocycles. The molecule has 0 N–H and O–H groups in total. The van der Waals surface area contributed by atoms with Crippen LogP contribution in [0.5, 0.6) is 0 Å². The molecule has 4 atom stereocenters. The second-order valence-corrected chi connectivity index (χ2v) is 17.1. The van der Waals surface area contributed by atoms with Crippen molar-refractivity contribution in [1.82, 2.24) is 0 Å². The number of carbonyl (C=O) groups excluding carboxylic acids is 2. The molecular weight excluding hydrogens is 741 g/mol. The van der Waals surface area contributed by atoms with Gasteiger partial charge in [0.2, 0.25) is 0 Å². The van der Waals surface area contributed by atoms with E-state index in [1.54, 1.807) is 0 Å². The molecule has 326 valence electrons. The van der Waals surface area contributed by atoms with Crippen molar-refractivity contribution in [2.45, 2.75) is 161 Å². The Kier molecular flexibility index (Phi) is 31.5. The summed E-state index contributed by atoms with van der Waals surface area (Å²) in [6.07, 6.45) is 43.9. The molecule has 1 aliphatic rings. The molecule has 57 heavy (non-hydrogen) atoms. The molecule has 0 amide bonds. The van der Waals surface area contributed by atoms with E-state index in [9.17, 15) is 19.0 Å². The molecule has 10 nitrogen and oxygen atoms in total. The van der Waals surface area contributed by atoms with Crippen molar-refractivity contribution < 1.29 is 46.8 Å². The highest BCUT2D eigenvalue weighted by Crippen LogP contribution is 2.38. The van der Waals surface area contributed by atoms with Gasteiger partial charge in [-0.25, -0.2) is 0 Å². The fourth-order valence-corrected chi connectivity index (χ4v) is 6.31. The summed E-state index contributed by atoms with van der Waals surface area (Å²) in [5, 5.41) is 0. The van der Waals surface area contributed by atoms with Crippen LogP contribution in [0, 0.1) is 0 Å². The predicted octanol–water partition coefficient (Wildman–Crippen LogP) is 10.6. The molecule has 0 aromatic rings. The molecule has 1 aliphatic heterocycles. The molecule has 1 rings (SSSR count). The third-order valence-electron chi connectivity index (χ3n) is 9.11. The number of allylic oxidation sites excluding steroid dienone is 10. The van der Waals surface area contributed by atoms with Crippen molar-refractivity contribution in [3.8, 4) is 0 Å². The minimum Gasteiger partial charge on any atom is -0.756 e. The van der Waals surface area contributed by atoms with Crippen molar-refractivity contribution in [3.05, 3.63) is 72.9 Å². The number of quaternary nitrogens is 1. The van der Waals surface area contributed by atoms with Crippen molar-refractivity contribution in [2.24, 2.45) is 0 Å². The zero-order chi connectivity index (χ0) is 41.9. The van der Waals surface area contributed by atoms with Crippen LogP contribution in [0.2, 0.25) is 0 Å². The van der Waals surface area contributed by atoms with Crippen LogP contribution in [0.4, 0.5) is 0 Å². The van der Waals surface area contributed by atoms with Crippen LogP contribution in [-0.4, -0.2) is 82.2 Å². The standard InChI is InChI=1S/C46H78NO9P/c1-6-8-10-12-14-15-16-17-18-19-20-21-24-28-32-36-45(48)52-40-42(41-54-57(50,51)53-39-38-47(3,4)5)55-46(49)37-33-29-25-22-23-27-31-35-44-43(56-44)34-30-26-13-11-9-7-2/h9,11,14-15,17-18,22,25-27,30-31,42-44H,6-8,10,12-13,16,19-21,23-24,28-29,32-41H2,1-5H3/b11-9-,15-14-,18-17-,25-22-,30-26-,31-27-. The van der Waals surface area contributed by atoms with E-state index in [2.05, 4.69) is 80.7 Å². The Balaban J connectivity index is 2.35. The Hall–Kier alpha value is -2.59. The number of likely N-dealkylation sites (N-methyl/N-ethyl adjacent to an activating group) is 1. The molecule has 1 saturated heterocycles. The van der Waals surface area contributed by atoms with E-state index in [0.717, 1.165) is 70.6 Å². The van der Waals surface area contributed by atoms with Gasteiger partial charge in [-0.1, -0.05) is 119 Å². The SMILES string of the molecule is CC/C=C\C/C=C\CC1OC1C/C=C\C/C=C\CCCC(=O)OC(COC(=O)CCCCCCC/C=C\C/C=C\CCCCC)COP(=O)([O-])OCC[N+](C)(C)C. The van der Waals surface area contributed by atoms with Gasteiger partial charge in [0.15, 0.2) is 6.10 Å². The lowest BCUT2D eigenvalue weighted by molar-refractivity contribution is -0.870. The van der Waals surface area contributed by atoms with Gasteiger partial charge in [0.1, 0.15) is 19.8 Å². The van der Waals surface area contributed by atoms with Gasteiger partial charge in [-0.05, 0) is 83.5 Å². The first-order valence-corrected chi connectivity index (χ1v) is 23.2. The summed E-state index contributed by atoms with van der Waals surface area (Å²) >= 11 is 0. The summed E-state index contributed by atoms with van der Waals surface area (Å²) in [6.45, 7) is 3.96. The summed E-state index contributed by atoms with van der Waals surface area (Å²) in [5.74, 6) is -0.933. The van der Waals surface area contributed by atoms with E-state index in [0.29, 0.717) is 42.5 Å². The molecule has 0 radical (unpaired) electrons. The number of hydrogen-bond acceptors (Lipinski definition) is 9. The van der Waals surface area contributed by atoms with Gasteiger partial charge in [0, 0.05) is 12.8 Å². The number of phosphoric acid groups is 1. The summed E-state index contributed by atoms with van der Waals surface area (Å²) in [5.41, 5.74) is 0. The summed E-state index contributed by atoms with van der Waals surface area (Å²) in [4.78, 5) is 37.5. The number of epoxide rings is 1. The van der Waals surface area contributed by atoms with Crippen LogP contribution in [0.25, 0.3) is 0 Å². The number of hydrogen-bond donors (Lipinski definition) is 0. The maximum atomic E-state index is 12.7. The topological polar surface area (TPSA) is 124 Å². The Morgan fingerprint density at radius 2 is 1.18 bits per heavy atom. The third-order valence-corrected chi connectivity index (χ3v) is 10.1. The van der Waals surface area contributed by atoms with E-state index in [1.807, 2.05) is 27.2 Å². The quantitative estimate of drug-likeness (QED) is 0.0150. The first-order valence-electron chi connectivity index (χ1n) is 21.8. The molecular formula is C46H78NO9P. The Labute approximate surface area is 346 Å². The lowest BCUT2D eigenvalue weighted by atomic mass is 10.1. The summed E-state index contributed by atoms with van der Waals surface area (Å²) < 4.78 is 39.5. The minimum absolute atomic E-state index is 0.0502. The highest BCUT2D eigenvalue weighted by atomic mass is 31.2. The molecule has 0 spiro atoms. The monoisotopic (exact) mass is 820 g/mol. The van der Waals surface area contributed by atoms with Crippen molar-refractivity contribution in [3.63, 3.8) is 0 Å². The van der Waals surface area contributed by atoms with Crippen molar-refractivity contribution >= 4 is 19.8 Å². The fourth-order valence-electron chi connectivity index (χ4n) is 5.58. The Morgan fingerprint density at radius 1 is 0.649 bits per heavy atom. The average Bonchev–Trinajstić information content (AvgIpc) is 3.92. The predicted molar refractivity (Wildman–Crippen MR) is 230 cm³/mol. The van der Waals surface area contributed by atoms with Gasteiger partial charge in [-0.2, -0.15) is 0 Å². The van der Waals surface area contributed by atoms with Crippen LogP contribution in [0.3, 0.4) is 0 Å². The smallest absolute Gasteiger partial charge is 0.306 e. The maximum absolute atomic E-state index is 12.7. The molecule has 0 aromatic carbocycles. The van der Waals surface area contributed by atoms with Gasteiger partial charge in [0.25, 0.3) is 7.82 Å². The third kappa shape index (κ3) is 35.1. The second kappa shape index (κ2) is 34.3. The number of rotatable bonds is 37. The van der Waals surface area contributed by atoms with Crippen LogP contribution >= 0.6 is 7.82 Å². The Morgan fingerprint density at radius 3 is 1.77 bits per heavy atom. The molecule has 0 aliphatic carbocycles. The number of unbranched alkanes of at least 4 members (excludes halogenated alkanes) is 9. The minimum atomic E-state index is -4.65. The van der Waals surface area contributed by atoms with E-state index in [-0.39, 0.29) is 26.1 Å². The van der Waals surface area contributed by atoms with Crippen LogP contribution in [-0.2, 0) is 37.4 Å². The van der Waals surface area contributed by atoms with Crippen molar-refractivity contribution in [2.75, 3.05) is 47.5 Å². The van der Waals surface area contributed by atoms with Gasteiger partial charge in [-0.15, -0.1) is 0 Å². The number of esters is 2. The number of phosphoric ester groups is 1. The normalized spacial score (nSPS) is 17.9. The summed E-state index contributed by atoms with van der Waals surface area (Å²) in [7, 11) is 1.10. The van der Waals surface area contributed by atoms with E-state index < -0.39 is 32.5 Å². The molecule has 4 unspecified atom stereocenters. The zero-order valence-corrected chi connectivity index (χ0v) is 37.1. The Bertz CT molecular complexity index is 1270.